The Balaban J connectivity index is 1.93. The average Bonchev–Trinajstić information content (AvgIpc) is 2.69. The molecule has 1 aliphatic rings. The maximum atomic E-state index is 5.93. The number of hydrogen-bond donors (Lipinski definition) is 2. The van der Waals surface area contributed by atoms with Crippen molar-refractivity contribution in [3.63, 3.8) is 0 Å². The third-order valence-electron chi connectivity index (χ3n) is 3.44. The minimum absolute atomic E-state index is 0.0806. The molecule has 0 aromatic heterocycles. The molecule has 4 heteroatoms. The second-order valence-corrected chi connectivity index (χ2v) is 5.30. The van der Waals surface area contributed by atoms with Gasteiger partial charge < -0.3 is 4.74 Å². The Hall–Kier alpha value is -1.03. The lowest BCUT2D eigenvalue weighted by atomic mass is 10.0. The zero-order valence-electron chi connectivity index (χ0n) is 11.1. The van der Waals surface area contributed by atoms with Crippen molar-refractivity contribution in [3.05, 3.63) is 40.9 Å². The molecular formula is C15H21ClN2O. The molecular weight excluding hydrogens is 260 g/mol. The highest BCUT2D eigenvalue weighted by molar-refractivity contribution is 6.30. The van der Waals surface area contributed by atoms with Crippen LogP contribution in [0.3, 0.4) is 0 Å². The van der Waals surface area contributed by atoms with Gasteiger partial charge in [0.15, 0.2) is 0 Å². The van der Waals surface area contributed by atoms with E-state index >= 15 is 0 Å². The van der Waals surface area contributed by atoms with Crippen LogP contribution in [0.5, 0.6) is 5.75 Å². The molecule has 0 bridgehead atoms. The topological polar surface area (TPSA) is 47.3 Å². The number of ether oxygens (including phenoxy) is 1. The van der Waals surface area contributed by atoms with E-state index in [1.807, 2.05) is 24.3 Å². The molecule has 0 amide bonds. The summed E-state index contributed by atoms with van der Waals surface area (Å²) in [5, 5.41) is 0.684. The number of benzene rings is 1. The molecule has 104 valence electrons. The minimum atomic E-state index is 0.0806. The van der Waals surface area contributed by atoms with Crippen molar-refractivity contribution in [1.29, 1.82) is 0 Å². The van der Waals surface area contributed by atoms with Crippen LogP contribution in [0.1, 0.15) is 32.1 Å². The Morgan fingerprint density at radius 1 is 1.32 bits per heavy atom. The van der Waals surface area contributed by atoms with Crippen molar-refractivity contribution >= 4 is 11.6 Å². The first-order valence-corrected chi connectivity index (χ1v) is 7.21. The van der Waals surface area contributed by atoms with E-state index in [0.29, 0.717) is 11.6 Å². The second-order valence-electron chi connectivity index (χ2n) is 4.87. The van der Waals surface area contributed by atoms with Gasteiger partial charge in [0.2, 0.25) is 0 Å². The monoisotopic (exact) mass is 280 g/mol. The van der Waals surface area contributed by atoms with Crippen molar-refractivity contribution < 1.29 is 4.74 Å². The Kier molecular flexibility index (Phi) is 5.70. The van der Waals surface area contributed by atoms with E-state index in [9.17, 15) is 0 Å². The Morgan fingerprint density at radius 2 is 2.21 bits per heavy atom. The summed E-state index contributed by atoms with van der Waals surface area (Å²) in [6.07, 6.45) is 8.36. The molecule has 1 aromatic rings. The second kappa shape index (κ2) is 7.53. The summed E-state index contributed by atoms with van der Waals surface area (Å²) in [6, 6.07) is 7.52. The lowest BCUT2D eigenvalue weighted by molar-refractivity contribution is 0.279. The molecule has 0 heterocycles. The SMILES string of the molecule is NNC(COc1cccc(Cl)c1)C1=CCCCCC1. The van der Waals surface area contributed by atoms with E-state index in [4.69, 9.17) is 22.2 Å². The van der Waals surface area contributed by atoms with E-state index < -0.39 is 0 Å². The van der Waals surface area contributed by atoms with Gasteiger partial charge in [0.1, 0.15) is 12.4 Å². The third kappa shape index (κ3) is 4.53. The van der Waals surface area contributed by atoms with Crippen molar-refractivity contribution in [3.8, 4) is 5.75 Å². The van der Waals surface area contributed by atoms with E-state index in [1.54, 1.807) is 0 Å². The van der Waals surface area contributed by atoms with Gasteiger partial charge >= 0.3 is 0 Å². The molecule has 3 nitrogen and oxygen atoms in total. The van der Waals surface area contributed by atoms with Crippen LogP contribution < -0.4 is 16.0 Å². The van der Waals surface area contributed by atoms with E-state index in [-0.39, 0.29) is 6.04 Å². The number of nitrogens with one attached hydrogen (secondary N) is 1. The Labute approximate surface area is 119 Å². The molecule has 0 saturated carbocycles. The van der Waals surface area contributed by atoms with Gasteiger partial charge in [-0.25, -0.2) is 5.43 Å². The molecule has 0 fully saturated rings. The summed E-state index contributed by atoms with van der Waals surface area (Å²) in [5.41, 5.74) is 4.22. The van der Waals surface area contributed by atoms with Crippen molar-refractivity contribution in [2.75, 3.05) is 6.61 Å². The van der Waals surface area contributed by atoms with Gasteiger partial charge in [-0.3, -0.25) is 5.84 Å². The lowest BCUT2D eigenvalue weighted by Gasteiger charge is -2.20. The van der Waals surface area contributed by atoms with Crippen LogP contribution >= 0.6 is 11.6 Å². The van der Waals surface area contributed by atoms with Gasteiger partial charge in [-0.15, -0.1) is 0 Å². The molecule has 2 rings (SSSR count). The molecule has 19 heavy (non-hydrogen) atoms. The highest BCUT2D eigenvalue weighted by atomic mass is 35.5. The van der Waals surface area contributed by atoms with E-state index in [1.165, 1.54) is 24.8 Å². The number of allylic oxidation sites excluding steroid dienone is 1. The summed E-state index contributed by atoms with van der Waals surface area (Å²) in [4.78, 5) is 0. The molecule has 1 aromatic carbocycles. The highest BCUT2D eigenvalue weighted by Gasteiger charge is 2.15. The summed E-state index contributed by atoms with van der Waals surface area (Å²) < 4.78 is 5.77. The number of halogens is 1. The van der Waals surface area contributed by atoms with Crippen molar-refractivity contribution in [2.24, 2.45) is 5.84 Å². The minimum Gasteiger partial charge on any atom is -0.492 e. The number of nitrogens with two attached hydrogens (primary N) is 1. The number of hydrazine groups is 1. The van der Waals surface area contributed by atoms with Crippen LogP contribution in [0.25, 0.3) is 0 Å². The number of rotatable bonds is 5. The van der Waals surface area contributed by atoms with Gasteiger partial charge in [-0.05, 0) is 43.9 Å². The number of hydrogen-bond acceptors (Lipinski definition) is 3. The standard InChI is InChI=1S/C15H21ClN2O/c16-13-8-5-9-14(10-13)19-11-15(18-17)12-6-3-1-2-4-7-12/h5-6,8-10,15,18H,1-4,7,11,17H2. The Morgan fingerprint density at radius 3 is 3.00 bits per heavy atom. The van der Waals surface area contributed by atoms with Gasteiger partial charge in [-0.2, -0.15) is 0 Å². The third-order valence-corrected chi connectivity index (χ3v) is 3.67. The first-order chi connectivity index (χ1) is 9.29. The van der Waals surface area contributed by atoms with Gasteiger partial charge in [0.25, 0.3) is 0 Å². The molecule has 0 aliphatic heterocycles. The molecule has 3 N–H and O–H groups in total. The van der Waals surface area contributed by atoms with Crippen LogP contribution in [0, 0.1) is 0 Å². The fraction of sp³-hybridized carbons (Fsp3) is 0.467. The lowest BCUT2D eigenvalue weighted by Crippen LogP contribution is -2.41. The summed E-state index contributed by atoms with van der Waals surface area (Å²) in [6.45, 7) is 0.530. The smallest absolute Gasteiger partial charge is 0.120 e. The molecule has 0 spiro atoms. The van der Waals surface area contributed by atoms with Gasteiger partial charge in [0, 0.05) is 5.02 Å². The summed E-state index contributed by atoms with van der Waals surface area (Å²) in [7, 11) is 0. The quantitative estimate of drug-likeness (QED) is 0.493. The van der Waals surface area contributed by atoms with E-state index in [2.05, 4.69) is 11.5 Å². The molecule has 0 radical (unpaired) electrons. The van der Waals surface area contributed by atoms with Crippen molar-refractivity contribution in [2.45, 2.75) is 38.1 Å². The largest absolute Gasteiger partial charge is 0.492 e. The van der Waals surface area contributed by atoms with Crippen LogP contribution in [-0.2, 0) is 0 Å². The first kappa shape index (κ1) is 14.4. The summed E-state index contributed by atoms with van der Waals surface area (Å²) >= 11 is 5.93. The maximum Gasteiger partial charge on any atom is 0.120 e. The predicted molar refractivity (Wildman–Crippen MR) is 79.2 cm³/mol. The van der Waals surface area contributed by atoms with Crippen LogP contribution in [0.2, 0.25) is 5.02 Å². The predicted octanol–water partition coefficient (Wildman–Crippen LogP) is 3.44. The first-order valence-electron chi connectivity index (χ1n) is 6.83. The fourth-order valence-corrected chi connectivity index (χ4v) is 2.54. The van der Waals surface area contributed by atoms with E-state index in [0.717, 1.165) is 18.6 Å². The normalized spacial score (nSPS) is 17.5. The average molecular weight is 281 g/mol. The molecule has 0 saturated heterocycles. The zero-order valence-corrected chi connectivity index (χ0v) is 11.8. The Bertz CT molecular complexity index is 434. The van der Waals surface area contributed by atoms with Gasteiger partial charge in [0.05, 0.1) is 6.04 Å². The molecule has 1 unspecified atom stereocenters. The van der Waals surface area contributed by atoms with Crippen LogP contribution in [0.4, 0.5) is 0 Å². The van der Waals surface area contributed by atoms with Crippen LogP contribution in [0.15, 0.2) is 35.9 Å². The maximum absolute atomic E-state index is 5.93. The van der Waals surface area contributed by atoms with Gasteiger partial charge in [-0.1, -0.05) is 35.7 Å². The fourth-order valence-electron chi connectivity index (χ4n) is 2.35. The molecule has 1 atom stereocenters. The highest BCUT2D eigenvalue weighted by Crippen LogP contribution is 2.21. The van der Waals surface area contributed by atoms with Crippen molar-refractivity contribution in [1.82, 2.24) is 5.43 Å². The zero-order chi connectivity index (χ0) is 13.5. The molecule has 1 aliphatic carbocycles. The van der Waals surface area contributed by atoms with Crippen LogP contribution in [-0.4, -0.2) is 12.6 Å². The summed E-state index contributed by atoms with van der Waals surface area (Å²) in [5.74, 6) is 6.43.